The van der Waals surface area contributed by atoms with Crippen LogP contribution in [0.15, 0.2) is 34.8 Å². The Balaban J connectivity index is 1.61. The number of aromatic hydroxyl groups is 1. The quantitative estimate of drug-likeness (QED) is 0.270. The SMILES string of the molecule is CCOC(=O)c1c(CSCc2cccc(Cl)c2)n(C2CC2)c2cc(Br)c(O)c(CN3CCCC3)c12. The lowest BCUT2D eigenvalue weighted by Crippen LogP contribution is -2.19. The number of benzene rings is 2. The van der Waals surface area contributed by atoms with Gasteiger partial charge in [-0.1, -0.05) is 23.7 Å². The number of hydrogen-bond acceptors (Lipinski definition) is 5. The second-order valence-electron chi connectivity index (χ2n) is 9.33. The molecule has 1 aliphatic heterocycles. The predicted octanol–water partition coefficient (Wildman–Crippen LogP) is 7.30. The van der Waals surface area contributed by atoms with E-state index in [0.717, 1.165) is 77.3 Å². The van der Waals surface area contributed by atoms with Crippen molar-refractivity contribution in [3.8, 4) is 5.75 Å². The topological polar surface area (TPSA) is 54.7 Å². The fraction of sp³-hybridized carbons (Fsp3) is 0.444. The van der Waals surface area contributed by atoms with Gasteiger partial charge >= 0.3 is 5.97 Å². The van der Waals surface area contributed by atoms with E-state index in [1.54, 1.807) is 11.8 Å². The van der Waals surface area contributed by atoms with Crippen molar-refractivity contribution in [2.75, 3.05) is 19.7 Å². The van der Waals surface area contributed by atoms with E-state index >= 15 is 0 Å². The second-order valence-corrected chi connectivity index (χ2v) is 11.6. The highest BCUT2D eigenvalue weighted by Crippen LogP contribution is 2.47. The standard InChI is InChI=1S/C27H30BrClN2O3S/c1-2-34-27(33)25-23(16-35-15-17-6-5-7-18(29)12-17)31(19-8-9-19)22-13-21(28)26(32)20(24(22)25)14-30-10-3-4-11-30/h5-7,12-13,19,32H,2-4,8-11,14-16H2,1H3. The lowest BCUT2D eigenvalue weighted by Gasteiger charge is -2.18. The number of fused-ring (bicyclic) bond motifs is 1. The lowest BCUT2D eigenvalue weighted by atomic mass is 10.0. The van der Waals surface area contributed by atoms with Crippen LogP contribution in [0.1, 0.15) is 65.8 Å². The maximum Gasteiger partial charge on any atom is 0.340 e. The summed E-state index contributed by atoms with van der Waals surface area (Å²) >= 11 is 11.5. The number of carbonyl (C=O) groups is 1. The molecule has 1 aromatic heterocycles. The first-order chi connectivity index (χ1) is 17.0. The van der Waals surface area contributed by atoms with Crippen molar-refractivity contribution in [3.05, 3.63) is 62.2 Å². The molecule has 1 saturated carbocycles. The molecule has 1 saturated heterocycles. The van der Waals surface area contributed by atoms with Crippen LogP contribution in [-0.2, 0) is 22.8 Å². The Morgan fingerprint density at radius 3 is 2.69 bits per heavy atom. The molecule has 2 aromatic carbocycles. The van der Waals surface area contributed by atoms with Gasteiger partial charge in [-0.25, -0.2) is 4.79 Å². The number of aromatic nitrogens is 1. The van der Waals surface area contributed by atoms with Crippen LogP contribution in [0, 0.1) is 0 Å². The summed E-state index contributed by atoms with van der Waals surface area (Å²) in [7, 11) is 0. The van der Waals surface area contributed by atoms with Crippen LogP contribution in [0.2, 0.25) is 5.02 Å². The molecule has 3 aromatic rings. The van der Waals surface area contributed by atoms with E-state index in [1.165, 1.54) is 0 Å². The highest BCUT2D eigenvalue weighted by atomic mass is 79.9. The first-order valence-electron chi connectivity index (χ1n) is 12.3. The third-order valence-electron chi connectivity index (χ3n) is 6.79. The molecule has 2 heterocycles. The Labute approximate surface area is 223 Å². The van der Waals surface area contributed by atoms with Gasteiger partial charge in [-0.2, -0.15) is 11.8 Å². The van der Waals surface area contributed by atoms with Crippen molar-refractivity contribution >= 4 is 56.2 Å². The van der Waals surface area contributed by atoms with Crippen LogP contribution < -0.4 is 0 Å². The maximum absolute atomic E-state index is 13.4. The average molecular weight is 578 g/mol. The molecule has 0 atom stereocenters. The minimum absolute atomic E-state index is 0.223. The summed E-state index contributed by atoms with van der Waals surface area (Å²) in [6, 6.07) is 10.3. The number of ether oxygens (including phenoxy) is 1. The Morgan fingerprint density at radius 2 is 2.00 bits per heavy atom. The molecule has 0 unspecified atom stereocenters. The Hall–Kier alpha value is -1.67. The van der Waals surface area contributed by atoms with Gasteiger partial charge in [-0.15, -0.1) is 0 Å². The number of hydrogen-bond donors (Lipinski definition) is 1. The van der Waals surface area contributed by atoms with Crippen LogP contribution in [0.3, 0.4) is 0 Å². The molecule has 5 nitrogen and oxygen atoms in total. The second kappa shape index (κ2) is 10.8. The zero-order chi connectivity index (χ0) is 24.5. The first-order valence-corrected chi connectivity index (χ1v) is 14.6. The van der Waals surface area contributed by atoms with Gasteiger partial charge in [0.05, 0.1) is 22.2 Å². The predicted molar refractivity (Wildman–Crippen MR) is 146 cm³/mol. The number of phenolic OH excluding ortho intramolecular Hbond substituents is 1. The van der Waals surface area contributed by atoms with E-state index in [4.69, 9.17) is 16.3 Å². The van der Waals surface area contributed by atoms with Crippen LogP contribution in [0.4, 0.5) is 0 Å². The summed E-state index contributed by atoms with van der Waals surface area (Å²) in [5.41, 5.74) is 4.59. The highest BCUT2D eigenvalue weighted by Gasteiger charge is 2.34. The Morgan fingerprint density at radius 1 is 1.23 bits per heavy atom. The molecule has 35 heavy (non-hydrogen) atoms. The van der Waals surface area contributed by atoms with Gasteiger partial charge in [-0.05, 0) is 85.4 Å². The van der Waals surface area contributed by atoms with Crippen molar-refractivity contribution < 1.29 is 14.6 Å². The van der Waals surface area contributed by atoms with Gasteiger partial charge in [0.2, 0.25) is 0 Å². The normalized spacial score (nSPS) is 16.3. The van der Waals surface area contributed by atoms with Crippen LogP contribution in [0.5, 0.6) is 5.75 Å². The zero-order valence-electron chi connectivity index (χ0n) is 19.9. The largest absolute Gasteiger partial charge is 0.506 e. The molecule has 186 valence electrons. The Bertz CT molecular complexity index is 1250. The van der Waals surface area contributed by atoms with Gasteiger partial charge < -0.3 is 14.4 Å². The van der Waals surface area contributed by atoms with E-state index < -0.39 is 0 Å². The molecule has 0 amide bonds. The number of likely N-dealkylation sites (tertiary alicyclic amines) is 1. The summed E-state index contributed by atoms with van der Waals surface area (Å²) in [5, 5.41) is 12.7. The highest BCUT2D eigenvalue weighted by molar-refractivity contribution is 9.10. The number of carbonyl (C=O) groups excluding carboxylic acids is 1. The third-order valence-corrected chi connectivity index (χ3v) is 8.65. The van der Waals surface area contributed by atoms with Crippen LogP contribution in [0.25, 0.3) is 10.9 Å². The fourth-order valence-electron chi connectivity index (χ4n) is 5.08. The third kappa shape index (κ3) is 5.24. The van der Waals surface area contributed by atoms with E-state index in [1.807, 2.05) is 31.2 Å². The van der Waals surface area contributed by atoms with Gasteiger partial charge in [0.15, 0.2) is 0 Å². The van der Waals surface area contributed by atoms with Crippen LogP contribution >= 0.6 is 39.3 Å². The minimum atomic E-state index is -0.306. The molecule has 1 N–H and O–H groups in total. The smallest absolute Gasteiger partial charge is 0.340 e. The molecule has 0 spiro atoms. The first kappa shape index (κ1) is 25.0. The summed E-state index contributed by atoms with van der Waals surface area (Å²) in [6.07, 6.45) is 4.52. The number of rotatable bonds is 9. The number of nitrogens with zero attached hydrogens (tertiary/aromatic N) is 2. The van der Waals surface area contributed by atoms with Gasteiger partial charge in [0, 0.05) is 45.8 Å². The lowest BCUT2D eigenvalue weighted by molar-refractivity contribution is 0.0527. The van der Waals surface area contributed by atoms with E-state index in [-0.39, 0.29) is 11.7 Å². The van der Waals surface area contributed by atoms with Gasteiger partial charge in [-0.3, -0.25) is 4.90 Å². The maximum atomic E-state index is 13.4. The number of halogens is 2. The van der Waals surface area contributed by atoms with Crippen molar-refractivity contribution in [1.82, 2.24) is 9.47 Å². The molecule has 0 bridgehead atoms. The van der Waals surface area contributed by atoms with Crippen molar-refractivity contribution in [3.63, 3.8) is 0 Å². The molecule has 8 heteroatoms. The van der Waals surface area contributed by atoms with Crippen molar-refractivity contribution in [2.24, 2.45) is 0 Å². The summed E-state index contributed by atoms with van der Waals surface area (Å²) in [5.74, 6) is 1.39. The average Bonchev–Trinajstić information content (AvgIpc) is 3.43. The van der Waals surface area contributed by atoms with Crippen molar-refractivity contribution in [1.29, 1.82) is 0 Å². The molecule has 0 radical (unpaired) electrons. The van der Waals surface area contributed by atoms with Gasteiger partial charge in [0.1, 0.15) is 5.75 Å². The number of phenols is 1. The van der Waals surface area contributed by atoms with Crippen LogP contribution in [-0.4, -0.2) is 40.2 Å². The van der Waals surface area contributed by atoms with Gasteiger partial charge in [0.25, 0.3) is 0 Å². The molecular weight excluding hydrogens is 548 g/mol. The molecule has 5 rings (SSSR count). The number of thioether (sulfide) groups is 1. The molecule has 1 aliphatic carbocycles. The monoisotopic (exact) mass is 576 g/mol. The summed E-state index contributed by atoms with van der Waals surface area (Å²) < 4.78 is 8.59. The molecule has 2 aliphatic rings. The van der Waals surface area contributed by atoms with E-state index in [2.05, 4.69) is 31.5 Å². The number of esters is 1. The zero-order valence-corrected chi connectivity index (χ0v) is 23.0. The van der Waals surface area contributed by atoms with E-state index in [9.17, 15) is 9.90 Å². The minimum Gasteiger partial charge on any atom is -0.506 e. The molecular formula is C27H30BrClN2O3S. The van der Waals surface area contributed by atoms with E-state index in [0.29, 0.717) is 35.0 Å². The Kier molecular flexibility index (Phi) is 7.68. The van der Waals surface area contributed by atoms with Crippen molar-refractivity contribution in [2.45, 2.75) is 56.7 Å². The summed E-state index contributed by atoms with van der Waals surface area (Å²) in [6.45, 7) is 4.79. The summed E-state index contributed by atoms with van der Waals surface area (Å²) in [4.78, 5) is 15.8. The molecule has 2 fully saturated rings. The fourth-order valence-corrected chi connectivity index (χ4v) is 6.75.